The second kappa shape index (κ2) is 6.20. The van der Waals surface area contributed by atoms with Crippen LogP contribution in [0.25, 0.3) is 10.6 Å². The van der Waals surface area contributed by atoms with E-state index in [-0.39, 0.29) is 5.91 Å². The van der Waals surface area contributed by atoms with E-state index in [4.69, 9.17) is 0 Å². The van der Waals surface area contributed by atoms with Crippen LogP contribution in [-0.4, -0.2) is 10.9 Å². The van der Waals surface area contributed by atoms with E-state index >= 15 is 0 Å². The smallest absolute Gasteiger partial charge is 0.263 e. The molecule has 0 saturated carbocycles. The van der Waals surface area contributed by atoms with E-state index in [1.54, 1.807) is 17.5 Å². The van der Waals surface area contributed by atoms with Gasteiger partial charge in [0.1, 0.15) is 9.88 Å². The standard InChI is InChI=1S/C16H14N2OS2/c1-11-7-8-20-13(11)9-17-15(19)14-10-18-16(21-14)12-5-3-2-4-6-12/h2-8,10H,9H2,1H3,(H,17,19). The summed E-state index contributed by atoms with van der Waals surface area (Å²) in [6.45, 7) is 2.62. The van der Waals surface area contributed by atoms with Gasteiger partial charge >= 0.3 is 0 Å². The minimum absolute atomic E-state index is 0.0671. The van der Waals surface area contributed by atoms with E-state index in [2.05, 4.69) is 23.3 Å². The molecule has 1 amide bonds. The van der Waals surface area contributed by atoms with E-state index in [1.807, 2.05) is 35.7 Å². The fourth-order valence-corrected chi connectivity index (χ4v) is 3.61. The number of hydrogen-bond acceptors (Lipinski definition) is 4. The SMILES string of the molecule is Cc1ccsc1CNC(=O)c1cnc(-c2ccccc2)s1. The molecule has 3 aromatic rings. The molecule has 0 spiro atoms. The fraction of sp³-hybridized carbons (Fsp3) is 0.125. The molecule has 2 aromatic heterocycles. The van der Waals surface area contributed by atoms with Gasteiger partial charge in [0.15, 0.2) is 0 Å². The molecule has 0 saturated heterocycles. The van der Waals surface area contributed by atoms with E-state index in [0.29, 0.717) is 11.4 Å². The summed E-state index contributed by atoms with van der Waals surface area (Å²) in [7, 11) is 0. The molecule has 3 rings (SSSR count). The third-order valence-electron chi connectivity index (χ3n) is 3.13. The number of carbonyl (C=O) groups is 1. The number of aryl methyl sites for hydroxylation is 1. The Kier molecular flexibility index (Phi) is 4.13. The predicted octanol–water partition coefficient (Wildman–Crippen LogP) is 4.11. The predicted molar refractivity (Wildman–Crippen MR) is 87.8 cm³/mol. The number of thiophene rings is 1. The molecule has 0 atom stereocenters. The molecule has 106 valence electrons. The molecular weight excluding hydrogens is 300 g/mol. The monoisotopic (exact) mass is 314 g/mol. The Morgan fingerprint density at radius 2 is 2.05 bits per heavy atom. The number of nitrogens with one attached hydrogen (secondary N) is 1. The van der Waals surface area contributed by atoms with Gasteiger partial charge in [0.05, 0.1) is 12.7 Å². The lowest BCUT2D eigenvalue weighted by Gasteiger charge is -2.02. The second-order valence-corrected chi connectivity index (χ2v) is 6.64. The fourth-order valence-electron chi connectivity index (χ4n) is 1.93. The van der Waals surface area contributed by atoms with Gasteiger partial charge in [-0.05, 0) is 23.9 Å². The van der Waals surface area contributed by atoms with Crippen molar-refractivity contribution in [2.75, 3.05) is 0 Å². The summed E-state index contributed by atoms with van der Waals surface area (Å²) < 4.78 is 0. The number of thiazole rings is 1. The number of amides is 1. The molecule has 0 radical (unpaired) electrons. The minimum atomic E-state index is -0.0671. The lowest BCUT2D eigenvalue weighted by Crippen LogP contribution is -2.21. The van der Waals surface area contributed by atoms with Crippen LogP contribution in [0.1, 0.15) is 20.1 Å². The number of carbonyl (C=O) groups excluding carboxylic acids is 1. The van der Waals surface area contributed by atoms with E-state index in [9.17, 15) is 4.79 Å². The second-order valence-electron chi connectivity index (χ2n) is 4.61. The van der Waals surface area contributed by atoms with Crippen molar-refractivity contribution in [1.82, 2.24) is 10.3 Å². The molecule has 0 bridgehead atoms. The number of aromatic nitrogens is 1. The maximum Gasteiger partial charge on any atom is 0.263 e. The highest BCUT2D eigenvalue weighted by molar-refractivity contribution is 7.16. The summed E-state index contributed by atoms with van der Waals surface area (Å²) >= 11 is 3.08. The Hall–Kier alpha value is -1.98. The molecule has 1 aromatic carbocycles. The Morgan fingerprint density at radius 1 is 1.24 bits per heavy atom. The van der Waals surface area contributed by atoms with Crippen LogP contribution < -0.4 is 5.32 Å². The van der Waals surface area contributed by atoms with Crippen LogP contribution in [0.3, 0.4) is 0 Å². The van der Waals surface area contributed by atoms with Crippen LogP contribution in [-0.2, 0) is 6.54 Å². The van der Waals surface area contributed by atoms with Gasteiger partial charge in [-0.15, -0.1) is 22.7 Å². The molecule has 3 nitrogen and oxygen atoms in total. The van der Waals surface area contributed by atoms with Gasteiger partial charge in [0.2, 0.25) is 0 Å². The molecule has 0 aliphatic carbocycles. The van der Waals surface area contributed by atoms with Gasteiger partial charge < -0.3 is 5.32 Å². The van der Waals surface area contributed by atoms with Crippen LogP contribution in [0.5, 0.6) is 0 Å². The molecular formula is C16H14N2OS2. The largest absolute Gasteiger partial charge is 0.346 e. The summed E-state index contributed by atoms with van der Waals surface area (Å²) in [5.41, 5.74) is 2.25. The van der Waals surface area contributed by atoms with E-state index in [1.165, 1.54) is 21.8 Å². The minimum Gasteiger partial charge on any atom is -0.346 e. The normalized spacial score (nSPS) is 10.5. The average molecular weight is 314 g/mol. The van der Waals surface area contributed by atoms with E-state index < -0.39 is 0 Å². The lowest BCUT2D eigenvalue weighted by atomic mass is 10.2. The van der Waals surface area contributed by atoms with E-state index in [0.717, 1.165) is 10.6 Å². The first kappa shape index (κ1) is 14.0. The summed E-state index contributed by atoms with van der Waals surface area (Å²) in [6, 6.07) is 12.0. The summed E-state index contributed by atoms with van der Waals surface area (Å²) in [5.74, 6) is -0.0671. The van der Waals surface area contributed by atoms with Crippen LogP contribution >= 0.6 is 22.7 Å². The zero-order chi connectivity index (χ0) is 14.7. The van der Waals surface area contributed by atoms with Crippen molar-refractivity contribution >= 4 is 28.6 Å². The molecule has 0 aliphatic rings. The van der Waals surface area contributed by atoms with Crippen molar-refractivity contribution in [3.63, 3.8) is 0 Å². The quantitative estimate of drug-likeness (QED) is 0.787. The maximum atomic E-state index is 12.2. The summed E-state index contributed by atoms with van der Waals surface area (Å²) in [4.78, 5) is 18.3. The molecule has 0 fully saturated rings. The molecule has 5 heteroatoms. The Morgan fingerprint density at radius 3 is 2.76 bits per heavy atom. The lowest BCUT2D eigenvalue weighted by molar-refractivity contribution is 0.0955. The number of hydrogen-bond donors (Lipinski definition) is 1. The van der Waals surface area contributed by atoms with Crippen molar-refractivity contribution in [1.29, 1.82) is 0 Å². The average Bonchev–Trinajstić information content (AvgIpc) is 3.15. The first-order valence-corrected chi connectivity index (χ1v) is 8.26. The highest BCUT2D eigenvalue weighted by Gasteiger charge is 2.12. The van der Waals surface area contributed by atoms with Crippen molar-refractivity contribution in [2.24, 2.45) is 0 Å². The molecule has 21 heavy (non-hydrogen) atoms. The molecule has 0 unspecified atom stereocenters. The number of benzene rings is 1. The van der Waals surface area contributed by atoms with Crippen LogP contribution in [0.2, 0.25) is 0 Å². The van der Waals surface area contributed by atoms with Crippen molar-refractivity contribution in [3.05, 3.63) is 63.3 Å². The topological polar surface area (TPSA) is 42.0 Å². The third kappa shape index (κ3) is 3.20. The zero-order valence-electron chi connectivity index (χ0n) is 11.5. The summed E-state index contributed by atoms with van der Waals surface area (Å²) in [6.07, 6.45) is 1.64. The van der Waals surface area contributed by atoms with Gasteiger partial charge in [-0.1, -0.05) is 30.3 Å². The maximum absolute atomic E-state index is 12.2. The number of rotatable bonds is 4. The van der Waals surface area contributed by atoms with Crippen LogP contribution in [0.15, 0.2) is 48.0 Å². The molecule has 0 aliphatic heterocycles. The van der Waals surface area contributed by atoms with Gasteiger partial charge in [-0.3, -0.25) is 4.79 Å². The zero-order valence-corrected chi connectivity index (χ0v) is 13.1. The Bertz CT molecular complexity index is 746. The highest BCUT2D eigenvalue weighted by Crippen LogP contribution is 2.24. The Balaban J connectivity index is 1.69. The van der Waals surface area contributed by atoms with Crippen LogP contribution in [0.4, 0.5) is 0 Å². The molecule has 2 heterocycles. The van der Waals surface area contributed by atoms with Crippen molar-refractivity contribution in [2.45, 2.75) is 13.5 Å². The third-order valence-corrected chi connectivity index (χ3v) is 5.20. The van der Waals surface area contributed by atoms with Crippen molar-refractivity contribution in [3.8, 4) is 10.6 Å². The first-order valence-electron chi connectivity index (χ1n) is 6.56. The highest BCUT2D eigenvalue weighted by atomic mass is 32.1. The summed E-state index contributed by atoms with van der Waals surface area (Å²) in [5, 5.41) is 5.86. The van der Waals surface area contributed by atoms with Gasteiger partial charge in [0, 0.05) is 10.4 Å². The van der Waals surface area contributed by atoms with Crippen molar-refractivity contribution < 1.29 is 4.79 Å². The Labute approximate surface area is 131 Å². The number of nitrogens with zero attached hydrogens (tertiary/aromatic N) is 1. The molecule has 1 N–H and O–H groups in total. The van der Waals surface area contributed by atoms with Crippen LogP contribution in [0, 0.1) is 6.92 Å². The first-order chi connectivity index (χ1) is 10.2. The van der Waals surface area contributed by atoms with Gasteiger partial charge in [0.25, 0.3) is 5.91 Å². The van der Waals surface area contributed by atoms with Gasteiger partial charge in [-0.25, -0.2) is 4.98 Å². The van der Waals surface area contributed by atoms with Gasteiger partial charge in [-0.2, -0.15) is 0 Å².